The number of nitrogens with two attached hydrogens (primary N) is 1. The molecule has 1 aromatic carbocycles. The fraction of sp³-hybridized carbons (Fsp3) is 0.250. The maximum Gasteiger partial charge on any atom is 0.127 e. The highest BCUT2D eigenvalue weighted by atomic mass is 14.8. The summed E-state index contributed by atoms with van der Waals surface area (Å²) in [5, 5.41) is 1.29. The van der Waals surface area contributed by atoms with Crippen LogP contribution in [0.3, 0.4) is 0 Å². The molecule has 14 heavy (non-hydrogen) atoms. The second-order valence-corrected chi connectivity index (χ2v) is 3.82. The normalized spacial score (nSPS) is 14.6. The zero-order valence-corrected chi connectivity index (χ0v) is 7.96. The number of aromatic nitrogens is 1. The van der Waals surface area contributed by atoms with Gasteiger partial charge in [0.25, 0.3) is 0 Å². The Hall–Kier alpha value is -1.57. The molecule has 0 radical (unpaired) electrons. The maximum absolute atomic E-state index is 5.93. The van der Waals surface area contributed by atoms with Crippen LogP contribution in [0.5, 0.6) is 0 Å². The number of anilines is 1. The average Bonchev–Trinajstić information content (AvgIpc) is 2.67. The van der Waals surface area contributed by atoms with E-state index in [1.165, 1.54) is 22.9 Å². The van der Waals surface area contributed by atoms with Crippen LogP contribution in [-0.4, -0.2) is 4.98 Å². The first-order valence-corrected chi connectivity index (χ1v) is 5.02. The summed E-state index contributed by atoms with van der Waals surface area (Å²) in [5.74, 6) is 0.733. The van der Waals surface area contributed by atoms with Crippen molar-refractivity contribution in [3.63, 3.8) is 0 Å². The molecule has 2 N–H and O–H groups in total. The molecule has 0 fully saturated rings. The van der Waals surface area contributed by atoms with Crippen molar-refractivity contribution in [2.75, 3.05) is 5.73 Å². The lowest BCUT2D eigenvalue weighted by molar-refractivity contribution is 0.913. The van der Waals surface area contributed by atoms with E-state index in [2.05, 4.69) is 17.1 Å². The van der Waals surface area contributed by atoms with Crippen molar-refractivity contribution in [2.45, 2.75) is 19.3 Å². The van der Waals surface area contributed by atoms with Crippen molar-refractivity contribution in [3.05, 3.63) is 35.4 Å². The van der Waals surface area contributed by atoms with E-state index in [0.29, 0.717) is 0 Å². The van der Waals surface area contributed by atoms with Crippen molar-refractivity contribution in [1.82, 2.24) is 4.98 Å². The molecule has 0 atom stereocenters. The summed E-state index contributed by atoms with van der Waals surface area (Å²) in [4.78, 5) is 4.43. The van der Waals surface area contributed by atoms with E-state index in [-0.39, 0.29) is 0 Å². The smallest absolute Gasteiger partial charge is 0.127 e. The third-order valence-electron chi connectivity index (χ3n) is 3.00. The monoisotopic (exact) mass is 184 g/mol. The second kappa shape index (κ2) is 2.71. The average molecular weight is 184 g/mol. The predicted octanol–water partition coefficient (Wildman–Crippen LogP) is 2.31. The van der Waals surface area contributed by atoms with Gasteiger partial charge in [-0.15, -0.1) is 0 Å². The molecule has 3 rings (SSSR count). The molecule has 2 nitrogen and oxygen atoms in total. The van der Waals surface area contributed by atoms with Gasteiger partial charge in [-0.3, -0.25) is 0 Å². The number of aryl methyl sites for hydroxylation is 1. The minimum Gasteiger partial charge on any atom is -0.383 e. The number of para-hydroxylation sites is 1. The zero-order chi connectivity index (χ0) is 9.54. The molecule has 1 aromatic heterocycles. The van der Waals surface area contributed by atoms with Crippen LogP contribution < -0.4 is 5.73 Å². The highest BCUT2D eigenvalue weighted by Crippen LogP contribution is 2.31. The van der Waals surface area contributed by atoms with Gasteiger partial charge in [0.1, 0.15) is 5.82 Å². The third-order valence-corrected chi connectivity index (χ3v) is 3.00. The number of nitrogen functional groups attached to an aromatic ring is 1. The van der Waals surface area contributed by atoms with Gasteiger partial charge in [-0.2, -0.15) is 0 Å². The summed E-state index contributed by atoms with van der Waals surface area (Å²) in [6, 6.07) is 8.26. The topological polar surface area (TPSA) is 38.9 Å². The number of rotatable bonds is 0. The van der Waals surface area contributed by atoms with Crippen LogP contribution in [0, 0.1) is 0 Å². The fourth-order valence-corrected chi connectivity index (χ4v) is 2.35. The van der Waals surface area contributed by atoms with Crippen molar-refractivity contribution >= 4 is 16.7 Å². The van der Waals surface area contributed by atoms with Gasteiger partial charge in [0.2, 0.25) is 0 Å². The summed E-state index contributed by atoms with van der Waals surface area (Å²) in [7, 11) is 0. The second-order valence-electron chi connectivity index (χ2n) is 3.82. The third kappa shape index (κ3) is 0.939. The lowest BCUT2D eigenvalue weighted by Gasteiger charge is -2.06. The van der Waals surface area contributed by atoms with Gasteiger partial charge in [0, 0.05) is 5.39 Å². The highest BCUT2D eigenvalue weighted by molar-refractivity contribution is 5.86. The lowest BCUT2D eigenvalue weighted by Crippen LogP contribution is -1.98. The van der Waals surface area contributed by atoms with Crippen molar-refractivity contribution in [1.29, 1.82) is 0 Å². The minimum absolute atomic E-state index is 0.733. The van der Waals surface area contributed by atoms with Gasteiger partial charge in [0.15, 0.2) is 0 Å². The van der Waals surface area contributed by atoms with Crippen LogP contribution in [0.25, 0.3) is 10.9 Å². The Morgan fingerprint density at radius 1 is 1.07 bits per heavy atom. The zero-order valence-electron chi connectivity index (χ0n) is 7.96. The summed E-state index contributed by atoms with van der Waals surface area (Å²) in [6.07, 6.45) is 3.47. The number of benzene rings is 1. The van der Waals surface area contributed by atoms with Crippen molar-refractivity contribution < 1.29 is 0 Å². The maximum atomic E-state index is 5.93. The molecule has 0 saturated heterocycles. The lowest BCUT2D eigenvalue weighted by atomic mass is 10.1. The summed E-state index contributed by atoms with van der Waals surface area (Å²) in [6.45, 7) is 0. The van der Waals surface area contributed by atoms with Crippen LogP contribution in [0.15, 0.2) is 24.3 Å². The van der Waals surface area contributed by atoms with Gasteiger partial charge < -0.3 is 5.73 Å². The van der Waals surface area contributed by atoms with Gasteiger partial charge in [-0.25, -0.2) is 4.98 Å². The standard InChI is InChI=1S/C12H12N2/c13-12-10-6-3-5-8(10)9-4-1-2-7-11(9)14-12/h1-2,4,7H,3,5-6H2,(H2,13,14). The molecule has 0 unspecified atom stereocenters. The number of hydrogen-bond acceptors (Lipinski definition) is 2. The first-order chi connectivity index (χ1) is 6.86. The molecule has 1 aliphatic carbocycles. The Bertz CT molecular complexity index is 503. The van der Waals surface area contributed by atoms with E-state index < -0.39 is 0 Å². The molecule has 2 heteroatoms. The van der Waals surface area contributed by atoms with Crippen LogP contribution in [0.1, 0.15) is 17.5 Å². The molecular weight excluding hydrogens is 172 g/mol. The Labute approximate surface area is 82.8 Å². The molecule has 2 aromatic rings. The first kappa shape index (κ1) is 7.80. The highest BCUT2D eigenvalue weighted by Gasteiger charge is 2.17. The van der Waals surface area contributed by atoms with E-state index in [1.807, 2.05) is 12.1 Å². The van der Waals surface area contributed by atoms with Crippen molar-refractivity contribution in [3.8, 4) is 0 Å². The fourth-order valence-electron chi connectivity index (χ4n) is 2.35. The van der Waals surface area contributed by atoms with Crippen LogP contribution >= 0.6 is 0 Å². The van der Waals surface area contributed by atoms with Crippen LogP contribution in [-0.2, 0) is 12.8 Å². The predicted molar refractivity (Wildman–Crippen MR) is 58.2 cm³/mol. The number of fused-ring (bicyclic) bond motifs is 3. The van der Waals surface area contributed by atoms with E-state index in [4.69, 9.17) is 5.73 Å². The molecule has 1 heterocycles. The molecular formula is C12H12N2. The van der Waals surface area contributed by atoms with Crippen LogP contribution in [0.4, 0.5) is 5.82 Å². The van der Waals surface area contributed by atoms with Gasteiger partial charge in [-0.1, -0.05) is 18.2 Å². The Morgan fingerprint density at radius 2 is 1.86 bits per heavy atom. The molecule has 0 aliphatic heterocycles. The molecule has 0 saturated carbocycles. The Kier molecular flexibility index (Phi) is 1.51. The van der Waals surface area contributed by atoms with E-state index in [1.54, 1.807) is 0 Å². The molecule has 0 bridgehead atoms. The summed E-state index contributed by atoms with van der Waals surface area (Å²) < 4.78 is 0. The van der Waals surface area contributed by atoms with Crippen LogP contribution in [0.2, 0.25) is 0 Å². The Balaban J connectivity index is 2.46. The van der Waals surface area contributed by atoms with Gasteiger partial charge in [0.05, 0.1) is 5.52 Å². The van der Waals surface area contributed by atoms with Gasteiger partial charge in [-0.05, 0) is 36.5 Å². The van der Waals surface area contributed by atoms with E-state index in [0.717, 1.165) is 24.2 Å². The summed E-state index contributed by atoms with van der Waals surface area (Å²) >= 11 is 0. The first-order valence-electron chi connectivity index (χ1n) is 5.02. The van der Waals surface area contributed by atoms with E-state index >= 15 is 0 Å². The number of pyridine rings is 1. The minimum atomic E-state index is 0.733. The number of hydrogen-bond donors (Lipinski definition) is 1. The summed E-state index contributed by atoms with van der Waals surface area (Å²) in [5.41, 5.74) is 9.67. The molecule has 0 spiro atoms. The van der Waals surface area contributed by atoms with E-state index in [9.17, 15) is 0 Å². The SMILES string of the molecule is Nc1nc2ccccc2c2c1CCC2. The largest absolute Gasteiger partial charge is 0.383 e. The molecule has 1 aliphatic rings. The quantitative estimate of drug-likeness (QED) is 0.682. The molecule has 0 amide bonds. The van der Waals surface area contributed by atoms with Gasteiger partial charge >= 0.3 is 0 Å². The molecule has 70 valence electrons. The Morgan fingerprint density at radius 3 is 2.79 bits per heavy atom. The number of nitrogens with zero attached hydrogens (tertiary/aromatic N) is 1. The van der Waals surface area contributed by atoms with Crippen molar-refractivity contribution in [2.24, 2.45) is 0 Å².